The van der Waals surface area contributed by atoms with Gasteiger partial charge in [0.1, 0.15) is 5.82 Å². The lowest BCUT2D eigenvalue weighted by Crippen LogP contribution is -2.41. The van der Waals surface area contributed by atoms with Gasteiger partial charge in [-0.25, -0.2) is 4.79 Å². The molecule has 0 radical (unpaired) electrons. The SMILES string of the molecule is CCOC(=O)C1=C(N)NC2=C(C(=O)CC(C)(C)C2)C1c1c(C)cc(C)cc1C. The van der Waals surface area contributed by atoms with Gasteiger partial charge in [-0.3, -0.25) is 4.79 Å². The first-order valence-corrected chi connectivity index (χ1v) is 9.83. The lowest BCUT2D eigenvalue weighted by molar-refractivity contribution is -0.138. The number of ketones is 1. The minimum atomic E-state index is -0.500. The number of carbonyl (C=O) groups is 2. The van der Waals surface area contributed by atoms with Crippen molar-refractivity contribution in [3.63, 3.8) is 0 Å². The maximum atomic E-state index is 13.2. The fraction of sp³-hybridized carbons (Fsp3) is 0.478. The summed E-state index contributed by atoms with van der Waals surface area (Å²) in [4.78, 5) is 26.1. The van der Waals surface area contributed by atoms with E-state index in [9.17, 15) is 9.59 Å². The normalized spacial score (nSPS) is 21.4. The molecule has 1 atom stereocenters. The molecule has 5 nitrogen and oxygen atoms in total. The summed E-state index contributed by atoms with van der Waals surface area (Å²) in [5, 5.41) is 3.16. The molecule has 1 aromatic carbocycles. The molecular weight excluding hydrogens is 352 g/mol. The van der Waals surface area contributed by atoms with Crippen molar-refractivity contribution < 1.29 is 14.3 Å². The summed E-state index contributed by atoms with van der Waals surface area (Å²) in [5.41, 5.74) is 12.2. The Balaban J connectivity index is 2.28. The highest BCUT2D eigenvalue weighted by Gasteiger charge is 2.44. The van der Waals surface area contributed by atoms with Crippen LogP contribution < -0.4 is 11.1 Å². The Kier molecular flexibility index (Phi) is 5.13. The fourth-order valence-corrected chi connectivity index (χ4v) is 4.68. The van der Waals surface area contributed by atoms with E-state index < -0.39 is 11.9 Å². The molecule has 1 unspecified atom stereocenters. The summed E-state index contributed by atoms with van der Waals surface area (Å²) in [6, 6.07) is 4.17. The first-order chi connectivity index (χ1) is 13.1. The number of carbonyl (C=O) groups excluding carboxylic acids is 2. The minimum Gasteiger partial charge on any atom is -0.463 e. The van der Waals surface area contributed by atoms with E-state index in [1.807, 2.05) is 20.8 Å². The summed E-state index contributed by atoms with van der Waals surface area (Å²) >= 11 is 0. The number of hydrogen-bond acceptors (Lipinski definition) is 5. The number of benzene rings is 1. The number of rotatable bonds is 3. The molecule has 0 saturated carbocycles. The molecule has 0 saturated heterocycles. The van der Waals surface area contributed by atoms with Crippen LogP contribution in [0.25, 0.3) is 0 Å². The predicted molar refractivity (Wildman–Crippen MR) is 109 cm³/mol. The lowest BCUT2D eigenvalue weighted by atomic mass is 9.68. The second kappa shape index (κ2) is 7.12. The van der Waals surface area contributed by atoms with E-state index in [-0.39, 0.29) is 23.6 Å². The van der Waals surface area contributed by atoms with Gasteiger partial charge in [-0.1, -0.05) is 31.5 Å². The average molecular weight is 383 g/mol. The van der Waals surface area contributed by atoms with E-state index >= 15 is 0 Å². The summed E-state index contributed by atoms with van der Waals surface area (Å²) in [5.74, 6) is -0.620. The first-order valence-electron chi connectivity index (χ1n) is 9.83. The van der Waals surface area contributed by atoms with E-state index in [1.165, 1.54) is 0 Å². The highest BCUT2D eigenvalue weighted by molar-refractivity contribution is 6.04. The molecule has 28 heavy (non-hydrogen) atoms. The maximum Gasteiger partial charge on any atom is 0.338 e. The molecule has 0 bridgehead atoms. The molecule has 1 aliphatic carbocycles. The number of nitrogens with two attached hydrogens (primary N) is 1. The number of aryl methyl sites for hydroxylation is 3. The van der Waals surface area contributed by atoms with Crippen molar-refractivity contribution in [2.75, 3.05) is 6.61 Å². The van der Waals surface area contributed by atoms with Crippen LogP contribution in [-0.4, -0.2) is 18.4 Å². The van der Waals surface area contributed by atoms with Crippen LogP contribution in [0.15, 0.2) is 34.8 Å². The highest BCUT2D eigenvalue weighted by Crippen LogP contribution is 2.47. The molecule has 1 aliphatic heterocycles. The molecule has 150 valence electrons. The van der Waals surface area contributed by atoms with Gasteiger partial charge in [0.25, 0.3) is 0 Å². The zero-order valence-corrected chi connectivity index (χ0v) is 17.7. The van der Waals surface area contributed by atoms with E-state index in [2.05, 4.69) is 31.3 Å². The number of ether oxygens (including phenoxy) is 1. The summed E-state index contributed by atoms with van der Waals surface area (Å²) in [7, 11) is 0. The smallest absolute Gasteiger partial charge is 0.338 e. The first kappa shape index (κ1) is 20.2. The highest BCUT2D eigenvalue weighted by atomic mass is 16.5. The van der Waals surface area contributed by atoms with Gasteiger partial charge in [0, 0.05) is 17.7 Å². The van der Waals surface area contributed by atoms with Crippen LogP contribution in [0.3, 0.4) is 0 Å². The molecule has 2 aliphatic rings. The summed E-state index contributed by atoms with van der Waals surface area (Å²) in [6.07, 6.45) is 1.16. The maximum absolute atomic E-state index is 13.2. The topological polar surface area (TPSA) is 81.4 Å². The Morgan fingerprint density at radius 3 is 2.39 bits per heavy atom. The van der Waals surface area contributed by atoms with Crippen molar-refractivity contribution in [2.24, 2.45) is 11.1 Å². The third kappa shape index (κ3) is 3.46. The van der Waals surface area contributed by atoms with Crippen LogP contribution in [-0.2, 0) is 14.3 Å². The van der Waals surface area contributed by atoms with E-state index in [1.54, 1.807) is 6.92 Å². The molecule has 0 spiro atoms. The van der Waals surface area contributed by atoms with E-state index in [4.69, 9.17) is 10.5 Å². The van der Waals surface area contributed by atoms with Crippen LogP contribution in [0.5, 0.6) is 0 Å². The third-order valence-corrected chi connectivity index (χ3v) is 5.60. The van der Waals surface area contributed by atoms with Gasteiger partial charge in [0.2, 0.25) is 0 Å². The molecule has 0 amide bonds. The van der Waals surface area contributed by atoms with Crippen molar-refractivity contribution in [3.8, 4) is 0 Å². The molecule has 5 heteroatoms. The standard InChI is InChI=1S/C23H30N2O3/c1-7-28-22(27)20-19(17-13(3)8-12(2)9-14(17)4)18-15(25-21(20)24)10-23(5,6)11-16(18)26/h8-9,19,25H,7,10-11,24H2,1-6H3. The van der Waals surface area contributed by atoms with Crippen molar-refractivity contribution in [1.82, 2.24) is 5.32 Å². The Bertz CT molecular complexity index is 899. The Morgan fingerprint density at radius 1 is 1.21 bits per heavy atom. The Hall–Kier alpha value is -2.56. The molecule has 0 fully saturated rings. The van der Waals surface area contributed by atoms with Crippen molar-refractivity contribution in [1.29, 1.82) is 0 Å². The molecule has 1 aromatic rings. The number of esters is 1. The Labute approximate surface area is 167 Å². The van der Waals surface area contributed by atoms with Crippen LogP contribution in [0.4, 0.5) is 0 Å². The van der Waals surface area contributed by atoms with E-state index in [0.717, 1.165) is 28.0 Å². The second-order valence-corrected chi connectivity index (χ2v) is 8.75. The van der Waals surface area contributed by atoms with Crippen molar-refractivity contribution in [3.05, 3.63) is 57.1 Å². The molecule has 0 aromatic heterocycles. The number of Topliss-reactive ketones (excluding diaryl/α,β-unsaturated/α-hetero) is 1. The number of hydrogen-bond donors (Lipinski definition) is 2. The van der Waals surface area contributed by atoms with Gasteiger partial charge < -0.3 is 15.8 Å². The largest absolute Gasteiger partial charge is 0.463 e. The van der Waals surface area contributed by atoms with Crippen molar-refractivity contribution in [2.45, 2.75) is 60.3 Å². The summed E-state index contributed by atoms with van der Waals surface area (Å²) in [6.45, 7) is 12.3. The van der Waals surface area contributed by atoms with Gasteiger partial charge in [-0.2, -0.15) is 0 Å². The molecule has 3 N–H and O–H groups in total. The van der Waals surface area contributed by atoms with Crippen LogP contribution in [0.1, 0.15) is 61.8 Å². The van der Waals surface area contributed by atoms with Gasteiger partial charge in [0.15, 0.2) is 5.78 Å². The number of dihydropyridines is 1. The third-order valence-electron chi connectivity index (χ3n) is 5.60. The zero-order valence-electron chi connectivity index (χ0n) is 17.7. The van der Waals surface area contributed by atoms with Crippen LogP contribution in [0.2, 0.25) is 0 Å². The van der Waals surface area contributed by atoms with Gasteiger partial charge >= 0.3 is 5.97 Å². The average Bonchev–Trinajstić information content (AvgIpc) is 2.51. The quantitative estimate of drug-likeness (QED) is 0.780. The molecule has 1 heterocycles. The monoisotopic (exact) mass is 382 g/mol. The van der Waals surface area contributed by atoms with Crippen LogP contribution in [0, 0.1) is 26.2 Å². The predicted octanol–water partition coefficient (Wildman–Crippen LogP) is 3.68. The molecule has 3 rings (SSSR count). The zero-order chi connectivity index (χ0) is 20.8. The molecular formula is C23H30N2O3. The van der Waals surface area contributed by atoms with Crippen molar-refractivity contribution >= 4 is 11.8 Å². The number of nitrogens with one attached hydrogen (secondary N) is 1. The lowest BCUT2D eigenvalue weighted by Gasteiger charge is -2.39. The van der Waals surface area contributed by atoms with Gasteiger partial charge in [-0.15, -0.1) is 0 Å². The minimum absolute atomic E-state index is 0.0671. The van der Waals surface area contributed by atoms with Crippen LogP contribution >= 0.6 is 0 Å². The summed E-state index contributed by atoms with van der Waals surface area (Å²) < 4.78 is 5.31. The van der Waals surface area contributed by atoms with Gasteiger partial charge in [0.05, 0.1) is 18.1 Å². The fourth-order valence-electron chi connectivity index (χ4n) is 4.68. The van der Waals surface area contributed by atoms with E-state index in [0.29, 0.717) is 24.0 Å². The van der Waals surface area contributed by atoms with Gasteiger partial charge in [-0.05, 0) is 56.2 Å². The Morgan fingerprint density at radius 2 is 1.82 bits per heavy atom. The number of allylic oxidation sites excluding steroid dienone is 2. The second-order valence-electron chi connectivity index (χ2n) is 8.75.